The van der Waals surface area contributed by atoms with Crippen molar-refractivity contribution in [1.82, 2.24) is 0 Å². The summed E-state index contributed by atoms with van der Waals surface area (Å²) in [5, 5.41) is 3.56. The fraction of sp³-hybridized carbons (Fsp3) is 0.500. The van der Waals surface area contributed by atoms with Gasteiger partial charge in [-0.3, -0.25) is 4.79 Å². The Bertz CT molecular complexity index is 885. The summed E-state index contributed by atoms with van der Waals surface area (Å²) in [6.07, 6.45) is 6.48. The quantitative estimate of drug-likeness (QED) is 0.674. The van der Waals surface area contributed by atoms with Gasteiger partial charge < -0.3 is 5.32 Å². The Balaban J connectivity index is 1.43. The molecule has 0 aliphatic heterocycles. The van der Waals surface area contributed by atoms with E-state index in [1.165, 1.54) is 43.2 Å². The van der Waals surface area contributed by atoms with Crippen LogP contribution >= 0.6 is 0 Å². The molecule has 2 saturated carbocycles. The molecule has 28 heavy (non-hydrogen) atoms. The lowest BCUT2D eigenvalue weighted by atomic mass is 9.51. The van der Waals surface area contributed by atoms with Crippen molar-refractivity contribution >= 4 is 11.5 Å². The SMILES string of the molecule is C[C@H]1[C@H]2C(=O)c3ccc(NCc4ccccc4)cc3[C@@]1(C)CCC2CC1CC1. The van der Waals surface area contributed by atoms with Crippen LogP contribution < -0.4 is 5.32 Å². The highest BCUT2D eigenvalue weighted by atomic mass is 16.1. The van der Waals surface area contributed by atoms with Crippen molar-refractivity contribution in [3.8, 4) is 0 Å². The first-order valence-corrected chi connectivity index (χ1v) is 11.0. The van der Waals surface area contributed by atoms with E-state index in [1.807, 2.05) is 6.07 Å². The van der Waals surface area contributed by atoms with Gasteiger partial charge in [0.05, 0.1) is 0 Å². The summed E-state index contributed by atoms with van der Waals surface area (Å²) >= 11 is 0. The van der Waals surface area contributed by atoms with E-state index in [9.17, 15) is 4.79 Å². The molecule has 0 radical (unpaired) electrons. The molecule has 2 aromatic rings. The molecule has 4 atom stereocenters. The summed E-state index contributed by atoms with van der Waals surface area (Å²) in [5.74, 6) is 2.59. The summed E-state index contributed by atoms with van der Waals surface area (Å²) < 4.78 is 0. The Hall–Kier alpha value is -2.09. The Labute approximate surface area is 168 Å². The summed E-state index contributed by atoms with van der Waals surface area (Å²) in [6.45, 7) is 5.56. The second kappa shape index (κ2) is 6.76. The van der Waals surface area contributed by atoms with E-state index < -0.39 is 0 Å². The number of carbonyl (C=O) groups is 1. The maximum absolute atomic E-state index is 13.5. The van der Waals surface area contributed by atoms with E-state index >= 15 is 0 Å². The lowest BCUT2D eigenvalue weighted by Gasteiger charge is -2.52. The first-order valence-electron chi connectivity index (χ1n) is 11.0. The van der Waals surface area contributed by atoms with Crippen LogP contribution in [-0.4, -0.2) is 5.78 Å². The summed E-state index contributed by atoms with van der Waals surface area (Å²) in [5.41, 5.74) is 4.80. The van der Waals surface area contributed by atoms with Gasteiger partial charge in [-0.15, -0.1) is 0 Å². The van der Waals surface area contributed by atoms with Gasteiger partial charge in [0.15, 0.2) is 5.78 Å². The van der Waals surface area contributed by atoms with Gasteiger partial charge in [0.1, 0.15) is 0 Å². The van der Waals surface area contributed by atoms with Crippen LogP contribution in [0.2, 0.25) is 0 Å². The molecule has 0 amide bonds. The lowest BCUT2D eigenvalue weighted by Crippen LogP contribution is -2.51. The van der Waals surface area contributed by atoms with Crippen LogP contribution in [0, 0.1) is 23.7 Å². The number of Topliss-reactive ketones (excluding diaryl/α,β-unsaturated/α-hetero) is 1. The molecule has 2 nitrogen and oxygen atoms in total. The maximum Gasteiger partial charge on any atom is 0.166 e. The van der Waals surface area contributed by atoms with Crippen LogP contribution in [0.1, 0.15) is 67.4 Å². The zero-order chi connectivity index (χ0) is 19.3. The van der Waals surface area contributed by atoms with Crippen LogP contribution in [0.25, 0.3) is 0 Å². The molecule has 0 heterocycles. The topological polar surface area (TPSA) is 29.1 Å². The third-order valence-corrected chi connectivity index (χ3v) is 7.96. The molecular formula is C26H31NO. The van der Waals surface area contributed by atoms with E-state index in [4.69, 9.17) is 0 Å². The number of carbonyl (C=O) groups excluding carboxylic acids is 1. The average Bonchev–Trinajstić information content (AvgIpc) is 3.53. The van der Waals surface area contributed by atoms with E-state index in [2.05, 4.69) is 61.6 Å². The van der Waals surface area contributed by atoms with E-state index in [0.717, 1.165) is 23.7 Å². The van der Waals surface area contributed by atoms with Crippen LogP contribution in [0.5, 0.6) is 0 Å². The van der Waals surface area contributed by atoms with Crippen LogP contribution in [0.15, 0.2) is 48.5 Å². The zero-order valence-electron chi connectivity index (χ0n) is 17.1. The number of ketones is 1. The Morgan fingerprint density at radius 2 is 1.86 bits per heavy atom. The number of rotatable bonds is 5. The number of fused-ring (bicyclic) bond motifs is 4. The fourth-order valence-corrected chi connectivity index (χ4v) is 5.89. The first-order chi connectivity index (χ1) is 13.6. The molecule has 146 valence electrons. The van der Waals surface area contributed by atoms with E-state index in [1.54, 1.807) is 0 Å². The lowest BCUT2D eigenvalue weighted by molar-refractivity contribution is 0.0435. The van der Waals surface area contributed by atoms with Gasteiger partial charge in [0.25, 0.3) is 0 Å². The monoisotopic (exact) mass is 373 g/mol. The molecule has 3 aliphatic carbocycles. The van der Waals surface area contributed by atoms with Gasteiger partial charge in [-0.25, -0.2) is 0 Å². The van der Waals surface area contributed by atoms with Gasteiger partial charge >= 0.3 is 0 Å². The number of anilines is 1. The molecule has 5 rings (SSSR count). The normalized spacial score (nSPS) is 31.4. The molecule has 1 N–H and O–H groups in total. The van der Waals surface area contributed by atoms with Crippen molar-refractivity contribution < 1.29 is 4.79 Å². The van der Waals surface area contributed by atoms with Crippen molar-refractivity contribution in [3.05, 3.63) is 65.2 Å². The number of benzene rings is 2. The first kappa shape index (κ1) is 18.0. The number of nitrogens with one attached hydrogen (secondary N) is 1. The summed E-state index contributed by atoms with van der Waals surface area (Å²) in [6, 6.07) is 17.0. The fourth-order valence-electron chi connectivity index (χ4n) is 5.89. The van der Waals surface area contributed by atoms with Crippen molar-refractivity contribution in [2.45, 2.75) is 57.9 Å². The van der Waals surface area contributed by atoms with Gasteiger partial charge in [0, 0.05) is 23.7 Å². The molecule has 0 spiro atoms. The Morgan fingerprint density at radius 1 is 1.07 bits per heavy atom. The Kier molecular flexibility index (Phi) is 4.34. The number of hydrogen-bond donors (Lipinski definition) is 1. The second-order valence-corrected chi connectivity index (χ2v) is 9.67. The third kappa shape index (κ3) is 2.98. The zero-order valence-corrected chi connectivity index (χ0v) is 17.1. The molecule has 2 aromatic carbocycles. The molecule has 0 aromatic heterocycles. The van der Waals surface area contributed by atoms with Crippen molar-refractivity contribution in [1.29, 1.82) is 0 Å². The molecule has 2 heteroatoms. The predicted molar refractivity (Wildman–Crippen MR) is 115 cm³/mol. The molecule has 2 bridgehead atoms. The summed E-state index contributed by atoms with van der Waals surface area (Å²) in [4.78, 5) is 13.5. The van der Waals surface area contributed by atoms with Gasteiger partial charge in [0.2, 0.25) is 0 Å². The Morgan fingerprint density at radius 3 is 2.61 bits per heavy atom. The standard InChI is InChI=1S/C26H31NO/c1-17-24-20(14-18-8-9-18)12-13-26(17,2)23-15-21(10-11-22(23)25(24)28)27-16-19-6-4-3-5-7-19/h3-7,10-11,15,17-18,20,24,27H,8-9,12-14,16H2,1-2H3/t17-,20?,24+,26-/m0/s1. The van der Waals surface area contributed by atoms with Crippen molar-refractivity contribution in [3.63, 3.8) is 0 Å². The minimum Gasteiger partial charge on any atom is -0.381 e. The van der Waals surface area contributed by atoms with Gasteiger partial charge in [-0.05, 0) is 71.8 Å². The molecular weight excluding hydrogens is 342 g/mol. The number of hydrogen-bond acceptors (Lipinski definition) is 2. The van der Waals surface area contributed by atoms with Crippen molar-refractivity contribution in [2.24, 2.45) is 23.7 Å². The minimum absolute atomic E-state index is 0.123. The molecule has 2 fully saturated rings. The second-order valence-electron chi connectivity index (χ2n) is 9.67. The van der Waals surface area contributed by atoms with E-state index in [-0.39, 0.29) is 11.3 Å². The van der Waals surface area contributed by atoms with Crippen LogP contribution in [0.3, 0.4) is 0 Å². The molecule has 1 unspecified atom stereocenters. The van der Waals surface area contributed by atoms with Gasteiger partial charge in [-0.2, -0.15) is 0 Å². The molecule has 3 aliphatic rings. The third-order valence-electron chi connectivity index (χ3n) is 7.96. The highest BCUT2D eigenvalue weighted by Gasteiger charge is 2.53. The smallest absolute Gasteiger partial charge is 0.166 e. The highest BCUT2D eigenvalue weighted by molar-refractivity contribution is 6.02. The largest absolute Gasteiger partial charge is 0.381 e. The van der Waals surface area contributed by atoms with Gasteiger partial charge in [-0.1, -0.05) is 57.0 Å². The predicted octanol–water partition coefficient (Wildman–Crippen LogP) is 6.22. The van der Waals surface area contributed by atoms with Crippen LogP contribution in [-0.2, 0) is 12.0 Å². The van der Waals surface area contributed by atoms with E-state index in [0.29, 0.717) is 17.6 Å². The van der Waals surface area contributed by atoms with Crippen LogP contribution in [0.4, 0.5) is 5.69 Å². The maximum atomic E-state index is 13.5. The average molecular weight is 374 g/mol. The summed E-state index contributed by atoms with van der Waals surface area (Å²) in [7, 11) is 0. The minimum atomic E-state index is 0.123. The highest BCUT2D eigenvalue weighted by Crippen LogP contribution is 2.56. The van der Waals surface area contributed by atoms with Crippen molar-refractivity contribution in [2.75, 3.05) is 5.32 Å². The molecule has 0 saturated heterocycles.